The topological polar surface area (TPSA) is 66.7 Å². The summed E-state index contributed by atoms with van der Waals surface area (Å²) in [4.78, 5) is 33.2. The molecular formula is C23H25N4O2S+. The lowest BCUT2D eigenvalue weighted by atomic mass is 9.96. The van der Waals surface area contributed by atoms with E-state index < -0.39 is 0 Å². The van der Waals surface area contributed by atoms with Crippen LogP contribution in [0.1, 0.15) is 30.7 Å². The van der Waals surface area contributed by atoms with E-state index >= 15 is 0 Å². The molecule has 0 spiro atoms. The summed E-state index contributed by atoms with van der Waals surface area (Å²) in [6.07, 6.45) is 2.06. The molecule has 3 heterocycles. The third-order valence-electron chi connectivity index (χ3n) is 6.31. The maximum Gasteiger partial charge on any atom is 0.285 e. The van der Waals surface area contributed by atoms with Gasteiger partial charge in [0.25, 0.3) is 5.91 Å². The highest BCUT2D eigenvalue weighted by atomic mass is 32.1. The molecule has 2 aromatic carbocycles. The van der Waals surface area contributed by atoms with E-state index in [4.69, 9.17) is 4.98 Å². The number of anilines is 2. The third kappa shape index (κ3) is 3.48. The zero-order chi connectivity index (χ0) is 20.7. The van der Waals surface area contributed by atoms with Crippen molar-refractivity contribution in [1.29, 1.82) is 0 Å². The number of carbonyl (C=O) groups is 2. The number of aromatic nitrogens is 1. The number of benzene rings is 2. The number of piperidine rings is 1. The number of fused-ring (bicyclic) bond motifs is 2. The number of hydrogen-bond acceptors (Lipinski definition) is 4. The second kappa shape index (κ2) is 7.81. The van der Waals surface area contributed by atoms with Gasteiger partial charge in [-0.15, -0.1) is 11.3 Å². The molecule has 2 amide bonds. The molecule has 7 heteroatoms. The van der Waals surface area contributed by atoms with Crippen molar-refractivity contribution in [3.05, 3.63) is 53.5 Å². The highest BCUT2D eigenvalue weighted by molar-refractivity contribution is 7.18. The van der Waals surface area contributed by atoms with Gasteiger partial charge < -0.3 is 10.2 Å². The van der Waals surface area contributed by atoms with Gasteiger partial charge in [0.2, 0.25) is 5.91 Å². The van der Waals surface area contributed by atoms with Gasteiger partial charge in [0.1, 0.15) is 6.54 Å². The number of quaternary nitrogens is 1. The molecule has 3 aromatic rings. The molecule has 0 saturated carbocycles. The largest absolute Gasteiger partial charge is 0.325 e. The minimum Gasteiger partial charge on any atom is -0.325 e. The summed E-state index contributed by atoms with van der Waals surface area (Å²) in [7, 11) is 0. The number of hydrogen-bond donors (Lipinski definition) is 2. The molecule has 6 nitrogen and oxygen atoms in total. The molecule has 0 bridgehead atoms. The Bertz CT molecular complexity index is 1070. The average molecular weight is 422 g/mol. The van der Waals surface area contributed by atoms with Crippen LogP contribution in [0.2, 0.25) is 0 Å². The van der Waals surface area contributed by atoms with Gasteiger partial charge in [-0.25, -0.2) is 4.98 Å². The van der Waals surface area contributed by atoms with Crippen LogP contribution in [0.4, 0.5) is 11.4 Å². The van der Waals surface area contributed by atoms with Crippen LogP contribution in [0, 0.1) is 0 Å². The summed E-state index contributed by atoms with van der Waals surface area (Å²) in [5, 5.41) is 4.07. The Morgan fingerprint density at radius 2 is 1.90 bits per heavy atom. The molecule has 0 radical (unpaired) electrons. The number of carbonyl (C=O) groups excluding carboxylic acids is 2. The number of thiazole rings is 1. The fraction of sp³-hybridized carbons (Fsp3) is 0.348. The van der Waals surface area contributed by atoms with Crippen molar-refractivity contribution in [2.45, 2.75) is 31.7 Å². The summed E-state index contributed by atoms with van der Waals surface area (Å²) < 4.78 is 1.24. The fourth-order valence-electron chi connectivity index (χ4n) is 4.57. The lowest BCUT2D eigenvalue weighted by Crippen LogP contribution is -3.17. The Morgan fingerprint density at radius 1 is 1.17 bits per heavy atom. The Labute approximate surface area is 179 Å². The smallest absolute Gasteiger partial charge is 0.285 e. The minimum atomic E-state index is -0.180. The van der Waals surface area contributed by atoms with E-state index in [2.05, 4.69) is 23.5 Å². The average Bonchev–Trinajstić information content (AvgIpc) is 3.22. The summed E-state index contributed by atoms with van der Waals surface area (Å²) in [5.41, 5.74) is 2.58. The SMILES string of the molecule is C[C@H](C(=O)N1CC(=O)Nc2ccccc21)[NH+]1CCC(c2nc3ccccc3s2)CC1. The molecule has 2 aliphatic heterocycles. The number of nitrogens with one attached hydrogen (secondary N) is 2. The first-order chi connectivity index (χ1) is 14.6. The van der Waals surface area contributed by atoms with Crippen LogP contribution in [-0.4, -0.2) is 42.5 Å². The van der Waals surface area contributed by atoms with E-state index in [1.807, 2.05) is 37.3 Å². The number of rotatable bonds is 3. The molecule has 1 fully saturated rings. The summed E-state index contributed by atoms with van der Waals surface area (Å²) in [6, 6.07) is 15.6. The lowest BCUT2D eigenvalue weighted by Gasteiger charge is -2.36. The van der Waals surface area contributed by atoms with Crippen molar-refractivity contribution in [2.24, 2.45) is 0 Å². The summed E-state index contributed by atoms with van der Waals surface area (Å²) in [6.45, 7) is 3.96. The maximum atomic E-state index is 13.3. The van der Waals surface area contributed by atoms with E-state index in [0.29, 0.717) is 11.6 Å². The van der Waals surface area contributed by atoms with Gasteiger partial charge in [-0.05, 0) is 31.2 Å². The Kier molecular flexibility index (Phi) is 5.00. The molecular weight excluding hydrogens is 396 g/mol. The zero-order valence-corrected chi connectivity index (χ0v) is 17.7. The minimum absolute atomic E-state index is 0.0192. The molecule has 154 valence electrons. The molecule has 5 rings (SSSR count). The van der Waals surface area contributed by atoms with E-state index in [9.17, 15) is 9.59 Å². The van der Waals surface area contributed by atoms with E-state index in [-0.39, 0.29) is 24.4 Å². The monoisotopic (exact) mass is 421 g/mol. The van der Waals surface area contributed by atoms with E-state index in [1.54, 1.807) is 16.2 Å². The molecule has 30 heavy (non-hydrogen) atoms. The predicted molar refractivity (Wildman–Crippen MR) is 119 cm³/mol. The molecule has 2 N–H and O–H groups in total. The van der Waals surface area contributed by atoms with Crippen LogP contribution in [0.25, 0.3) is 10.2 Å². The van der Waals surface area contributed by atoms with Crippen molar-refractivity contribution in [3.63, 3.8) is 0 Å². The number of para-hydroxylation sites is 3. The zero-order valence-electron chi connectivity index (χ0n) is 16.9. The van der Waals surface area contributed by atoms with Crippen LogP contribution in [0.5, 0.6) is 0 Å². The second-order valence-electron chi connectivity index (χ2n) is 8.16. The van der Waals surface area contributed by atoms with E-state index in [1.165, 1.54) is 14.6 Å². The van der Waals surface area contributed by atoms with Gasteiger partial charge in [0.15, 0.2) is 6.04 Å². The van der Waals surface area contributed by atoms with Crippen molar-refractivity contribution in [1.82, 2.24) is 4.98 Å². The summed E-state index contributed by atoms with van der Waals surface area (Å²) >= 11 is 1.79. The summed E-state index contributed by atoms with van der Waals surface area (Å²) in [5.74, 6) is 0.347. The van der Waals surface area contributed by atoms with Gasteiger partial charge in [0, 0.05) is 18.8 Å². The van der Waals surface area contributed by atoms with Gasteiger partial charge in [-0.3, -0.25) is 14.5 Å². The molecule has 1 atom stereocenters. The lowest BCUT2D eigenvalue weighted by molar-refractivity contribution is -0.919. The first kappa shape index (κ1) is 19.2. The van der Waals surface area contributed by atoms with Crippen LogP contribution >= 0.6 is 11.3 Å². The van der Waals surface area contributed by atoms with Crippen LogP contribution in [-0.2, 0) is 9.59 Å². The molecule has 0 unspecified atom stereocenters. The Balaban J connectivity index is 1.27. The van der Waals surface area contributed by atoms with Gasteiger partial charge in [-0.2, -0.15) is 0 Å². The van der Waals surface area contributed by atoms with Crippen molar-refractivity contribution < 1.29 is 14.5 Å². The van der Waals surface area contributed by atoms with E-state index in [0.717, 1.165) is 37.1 Å². The third-order valence-corrected chi connectivity index (χ3v) is 7.51. The van der Waals surface area contributed by atoms with Crippen LogP contribution in [0.15, 0.2) is 48.5 Å². The molecule has 2 aliphatic rings. The molecule has 1 saturated heterocycles. The second-order valence-corrected chi connectivity index (χ2v) is 9.23. The highest BCUT2D eigenvalue weighted by Crippen LogP contribution is 2.32. The van der Waals surface area contributed by atoms with Crippen LogP contribution < -0.4 is 15.1 Å². The normalized spacial score (nSPS) is 22.4. The van der Waals surface area contributed by atoms with Crippen molar-refractivity contribution >= 4 is 44.7 Å². The van der Waals surface area contributed by atoms with Gasteiger partial charge in [0.05, 0.1) is 39.7 Å². The number of nitrogens with zero attached hydrogens (tertiary/aromatic N) is 2. The maximum absolute atomic E-state index is 13.3. The van der Waals surface area contributed by atoms with Gasteiger partial charge >= 0.3 is 0 Å². The molecule has 1 aromatic heterocycles. The number of likely N-dealkylation sites (tertiary alicyclic amines) is 1. The highest BCUT2D eigenvalue weighted by Gasteiger charge is 2.36. The first-order valence-corrected chi connectivity index (χ1v) is 11.3. The molecule has 0 aliphatic carbocycles. The quantitative estimate of drug-likeness (QED) is 0.683. The predicted octanol–water partition coefficient (Wildman–Crippen LogP) is 2.43. The van der Waals surface area contributed by atoms with Crippen molar-refractivity contribution in [3.8, 4) is 0 Å². The Hall–Kier alpha value is -2.77. The fourth-order valence-corrected chi connectivity index (χ4v) is 5.71. The Morgan fingerprint density at radius 3 is 2.70 bits per heavy atom. The number of amides is 2. The van der Waals surface area contributed by atoms with Crippen molar-refractivity contribution in [2.75, 3.05) is 29.9 Å². The van der Waals surface area contributed by atoms with Gasteiger partial charge in [-0.1, -0.05) is 24.3 Å². The van der Waals surface area contributed by atoms with Crippen LogP contribution in [0.3, 0.4) is 0 Å². The standard InChI is InChI=1S/C23H24N4O2S/c1-15(23(29)27-14-21(28)24-17-6-2-4-8-19(17)27)26-12-10-16(11-13-26)22-25-18-7-3-5-9-20(18)30-22/h2-9,15-16H,10-14H2,1H3,(H,24,28)/p+1/t15-/m1/s1. The first-order valence-electron chi connectivity index (χ1n) is 10.5.